The maximum absolute atomic E-state index is 12.0. The molecule has 2 N–H and O–H groups in total. The number of hydrogen-bond donors (Lipinski definition) is 2. The van der Waals surface area contributed by atoms with Gasteiger partial charge in [-0.1, -0.05) is 23.8 Å². The fourth-order valence-electron chi connectivity index (χ4n) is 2.07. The molecule has 0 aliphatic heterocycles. The van der Waals surface area contributed by atoms with Crippen LogP contribution in [0.15, 0.2) is 18.2 Å². The van der Waals surface area contributed by atoms with E-state index in [9.17, 15) is 9.59 Å². The summed E-state index contributed by atoms with van der Waals surface area (Å²) in [5.41, 5.74) is 2.26. The van der Waals surface area contributed by atoms with Crippen molar-refractivity contribution in [2.24, 2.45) is 5.41 Å². The summed E-state index contributed by atoms with van der Waals surface area (Å²) in [4.78, 5) is 23.0. The van der Waals surface area contributed by atoms with Crippen molar-refractivity contribution < 1.29 is 14.7 Å². The molecule has 1 rings (SSSR count). The second-order valence-electron chi connectivity index (χ2n) is 6.02. The van der Waals surface area contributed by atoms with Crippen molar-refractivity contribution >= 4 is 11.9 Å². The highest BCUT2D eigenvalue weighted by atomic mass is 16.4. The molecule has 1 amide bonds. The van der Waals surface area contributed by atoms with Gasteiger partial charge in [-0.25, -0.2) is 0 Å². The molecule has 0 spiro atoms. The maximum atomic E-state index is 12.0. The lowest BCUT2D eigenvalue weighted by Gasteiger charge is -2.22. The molecule has 0 radical (unpaired) electrons. The molecule has 0 aliphatic carbocycles. The molecule has 0 saturated heterocycles. The number of benzene rings is 1. The van der Waals surface area contributed by atoms with Gasteiger partial charge < -0.3 is 10.4 Å². The van der Waals surface area contributed by atoms with Crippen molar-refractivity contribution in [2.75, 3.05) is 0 Å². The van der Waals surface area contributed by atoms with Gasteiger partial charge in [0, 0.05) is 6.42 Å². The number of aliphatic carboxylic acids is 1. The summed E-state index contributed by atoms with van der Waals surface area (Å²) in [6.07, 6.45) is -0.0302. The number of amides is 1. The van der Waals surface area contributed by atoms with Crippen LogP contribution in [0.2, 0.25) is 0 Å². The van der Waals surface area contributed by atoms with Crippen LogP contribution in [0, 0.1) is 19.3 Å². The Morgan fingerprint density at radius 3 is 2.45 bits per heavy atom. The molecule has 0 bridgehead atoms. The summed E-state index contributed by atoms with van der Waals surface area (Å²) in [6.45, 7) is 9.02. The second kappa shape index (κ2) is 6.07. The molecule has 1 aromatic carbocycles. The molecule has 0 fully saturated rings. The predicted molar refractivity (Wildman–Crippen MR) is 78.5 cm³/mol. The van der Waals surface area contributed by atoms with Crippen molar-refractivity contribution in [1.29, 1.82) is 0 Å². The Bertz CT molecular complexity index is 520. The number of nitrogens with one attached hydrogen (secondary N) is 1. The summed E-state index contributed by atoms with van der Waals surface area (Å²) in [5.74, 6) is -1.21. The standard InChI is InChI=1S/C16H23NO3/c1-10-6-7-11(2)13(8-10)12(3)17-14(18)9-16(4,5)15(19)20/h6-8,12H,9H2,1-5H3,(H,17,18)(H,19,20). The average Bonchev–Trinajstić information content (AvgIpc) is 2.31. The zero-order valence-corrected chi connectivity index (χ0v) is 12.8. The minimum Gasteiger partial charge on any atom is -0.481 e. The number of rotatable bonds is 5. The number of carbonyl (C=O) groups excluding carboxylic acids is 1. The van der Waals surface area contributed by atoms with Gasteiger partial charge in [0.1, 0.15) is 0 Å². The van der Waals surface area contributed by atoms with Crippen LogP contribution < -0.4 is 5.32 Å². The molecule has 1 aromatic rings. The SMILES string of the molecule is Cc1ccc(C)c(C(C)NC(=O)CC(C)(C)C(=O)O)c1. The van der Waals surface area contributed by atoms with Gasteiger partial charge in [-0.15, -0.1) is 0 Å². The molecule has 0 saturated carbocycles. The van der Waals surface area contributed by atoms with Crippen LogP contribution in [0.5, 0.6) is 0 Å². The van der Waals surface area contributed by atoms with Gasteiger partial charge in [0.15, 0.2) is 0 Å². The Kier molecular flexibility index (Phi) is 4.93. The molecule has 0 aromatic heterocycles. The minimum atomic E-state index is -1.05. The van der Waals surface area contributed by atoms with Gasteiger partial charge in [0.25, 0.3) is 0 Å². The van der Waals surface area contributed by atoms with E-state index in [1.54, 1.807) is 13.8 Å². The molecule has 0 aliphatic rings. The van der Waals surface area contributed by atoms with E-state index in [0.717, 1.165) is 16.7 Å². The Balaban J connectivity index is 2.76. The summed E-state index contributed by atoms with van der Waals surface area (Å²) in [5, 5.41) is 11.9. The summed E-state index contributed by atoms with van der Waals surface area (Å²) < 4.78 is 0. The average molecular weight is 277 g/mol. The van der Waals surface area contributed by atoms with Crippen molar-refractivity contribution in [3.8, 4) is 0 Å². The van der Waals surface area contributed by atoms with Crippen LogP contribution in [-0.4, -0.2) is 17.0 Å². The Morgan fingerprint density at radius 2 is 1.90 bits per heavy atom. The lowest BCUT2D eigenvalue weighted by Crippen LogP contribution is -2.34. The van der Waals surface area contributed by atoms with E-state index in [1.807, 2.05) is 39.0 Å². The van der Waals surface area contributed by atoms with Crippen LogP contribution in [-0.2, 0) is 9.59 Å². The van der Waals surface area contributed by atoms with E-state index in [4.69, 9.17) is 5.11 Å². The van der Waals surface area contributed by atoms with Crippen molar-refractivity contribution in [2.45, 2.75) is 47.1 Å². The Hall–Kier alpha value is -1.84. The molecule has 0 heterocycles. The van der Waals surface area contributed by atoms with Crippen LogP contribution >= 0.6 is 0 Å². The zero-order chi connectivity index (χ0) is 15.5. The van der Waals surface area contributed by atoms with Gasteiger partial charge in [0.2, 0.25) is 5.91 Å². The van der Waals surface area contributed by atoms with Gasteiger partial charge in [-0.2, -0.15) is 0 Å². The second-order valence-corrected chi connectivity index (χ2v) is 6.02. The fraction of sp³-hybridized carbons (Fsp3) is 0.500. The first kappa shape index (κ1) is 16.2. The van der Waals surface area contributed by atoms with Crippen molar-refractivity contribution in [1.82, 2.24) is 5.32 Å². The molecule has 4 nitrogen and oxygen atoms in total. The van der Waals surface area contributed by atoms with Crippen LogP contribution in [0.4, 0.5) is 0 Å². The third-order valence-electron chi connectivity index (χ3n) is 3.46. The summed E-state index contributed by atoms with van der Waals surface area (Å²) in [6, 6.07) is 5.96. The highest BCUT2D eigenvalue weighted by molar-refractivity contribution is 5.84. The van der Waals surface area contributed by atoms with E-state index < -0.39 is 11.4 Å². The quantitative estimate of drug-likeness (QED) is 0.869. The molecule has 110 valence electrons. The Morgan fingerprint density at radius 1 is 1.30 bits per heavy atom. The number of carboxylic acids is 1. The van der Waals surface area contributed by atoms with E-state index in [-0.39, 0.29) is 18.4 Å². The maximum Gasteiger partial charge on any atom is 0.309 e. The summed E-state index contributed by atoms with van der Waals surface area (Å²) in [7, 11) is 0. The minimum absolute atomic E-state index is 0.0302. The summed E-state index contributed by atoms with van der Waals surface area (Å²) >= 11 is 0. The predicted octanol–water partition coefficient (Wildman–Crippen LogP) is 2.98. The van der Waals surface area contributed by atoms with Gasteiger partial charge in [0.05, 0.1) is 11.5 Å². The smallest absolute Gasteiger partial charge is 0.309 e. The number of carbonyl (C=O) groups is 2. The van der Waals surface area contributed by atoms with E-state index in [0.29, 0.717) is 0 Å². The third kappa shape index (κ3) is 4.08. The normalized spacial score (nSPS) is 12.8. The highest BCUT2D eigenvalue weighted by Gasteiger charge is 2.30. The topological polar surface area (TPSA) is 66.4 Å². The van der Waals surface area contributed by atoms with Crippen LogP contribution in [0.3, 0.4) is 0 Å². The fourth-order valence-corrected chi connectivity index (χ4v) is 2.07. The first-order valence-electron chi connectivity index (χ1n) is 6.73. The Labute approximate surface area is 120 Å². The number of aryl methyl sites for hydroxylation is 2. The lowest BCUT2D eigenvalue weighted by atomic mass is 9.89. The first-order valence-corrected chi connectivity index (χ1v) is 6.73. The number of hydrogen-bond acceptors (Lipinski definition) is 2. The van der Waals surface area contributed by atoms with Crippen LogP contribution in [0.25, 0.3) is 0 Å². The van der Waals surface area contributed by atoms with Gasteiger partial charge in [-0.3, -0.25) is 9.59 Å². The monoisotopic (exact) mass is 277 g/mol. The molecule has 4 heteroatoms. The molecular weight excluding hydrogens is 254 g/mol. The molecule has 1 atom stereocenters. The third-order valence-corrected chi connectivity index (χ3v) is 3.46. The van der Waals surface area contributed by atoms with E-state index >= 15 is 0 Å². The zero-order valence-electron chi connectivity index (χ0n) is 12.8. The lowest BCUT2D eigenvalue weighted by molar-refractivity contribution is -0.149. The first-order chi connectivity index (χ1) is 9.13. The van der Waals surface area contributed by atoms with E-state index in [2.05, 4.69) is 5.32 Å². The molecule has 20 heavy (non-hydrogen) atoms. The molecule has 1 unspecified atom stereocenters. The number of carboxylic acid groups (broad SMARTS) is 1. The van der Waals surface area contributed by atoms with Crippen molar-refractivity contribution in [3.05, 3.63) is 34.9 Å². The van der Waals surface area contributed by atoms with E-state index in [1.165, 1.54) is 0 Å². The van der Waals surface area contributed by atoms with Crippen molar-refractivity contribution in [3.63, 3.8) is 0 Å². The largest absolute Gasteiger partial charge is 0.481 e. The van der Waals surface area contributed by atoms with Crippen LogP contribution in [0.1, 0.15) is 49.9 Å². The molecular formula is C16H23NO3. The van der Waals surface area contributed by atoms with Gasteiger partial charge in [-0.05, 0) is 45.7 Å². The highest BCUT2D eigenvalue weighted by Crippen LogP contribution is 2.23. The van der Waals surface area contributed by atoms with Gasteiger partial charge >= 0.3 is 5.97 Å².